The van der Waals surface area contributed by atoms with Crippen molar-refractivity contribution in [2.24, 2.45) is 11.8 Å². The van der Waals surface area contributed by atoms with Crippen molar-refractivity contribution in [3.63, 3.8) is 0 Å². The predicted octanol–water partition coefficient (Wildman–Crippen LogP) is 2.77. The number of ether oxygens (including phenoxy) is 3. The second kappa shape index (κ2) is 13.1. The number of anilines is 1. The Hall–Kier alpha value is -2.70. The van der Waals surface area contributed by atoms with Gasteiger partial charge in [-0.2, -0.15) is 4.31 Å². The number of fused-ring (bicyclic) bond motifs is 1. The number of aliphatic hydroxyl groups is 1. The summed E-state index contributed by atoms with van der Waals surface area (Å²) in [6.45, 7) is 4.62. The van der Waals surface area contributed by atoms with Gasteiger partial charge in [-0.25, -0.2) is 13.2 Å². The Bertz CT molecular complexity index is 1180. The zero-order valence-electron chi connectivity index (χ0n) is 22.4. The zero-order chi connectivity index (χ0) is 28.0. The normalized spacial score (nSPS) is 22.5. The monoisotopic (exact) mass is 561 g/mol. The number of nitrogens with zero attached hydrogens (tertiary/aromatic N) is 1. The van der Waals surface area contributed by atoms with Crippen LogP contribution in [0.5, 0.6) is 0 Å². The molecule has 0 spiro atoms. The van der Waals surface area contributed by atoms with E-state index in [2.05, 4.69) is 5.32 Å². The molecule has 0 radical (unpaired) electrons. The van der Waals surface area contributed by atoms with Crippen LogP contribution in [0.2, 0.25) is 0 Å². The maximum absolute atomic E-state index is 13.5. The Morgan fingerprint density at radius 2 is 1.85 bits per heavy atom. The first-order valence-electron chi connectivity index (χ1n) is 13.4. The standard InChI is InChI=1S/C28H39N3O7S/c1-19(2)16-31(39(34,35)22-11-9-21(29)10-12-22)17-25(32)24(13-8-20-6-4-3-5-7-20)30-28(33)38-26-18-37-27-23(26)14-15-36-27/h3-7,9-12,19,23-27,32H,8,13-18,29H2,1-2H3,(H,30,33)/t23-,24-,25+,26-,27+/m0/s1. The number of nitrogen functional groups attached to an aromatic ring is 1. The summed E-state index contributed by atoms with van der Waals surface area (Å²) in [4.78, 5) is 13.0. The molecule has 2 aliphatic heterocycles. The first-order chi connectivity index (χ1) is 18.6. The number of hydrogen-bond acceptors (Lipinski definition) is 8. The minimum absolute atomic E-state index is 0.00499. The predicted molar refractivity (Wildman–Crippen MR) is 146 cm³/mol. The number of hydrogen-bond donors (Lipinski definition) is 3. The van der Waals surface area contributed by atoms with Crippen LogP contribution in [0.3, 0.4) is 0 Å². The fourth-order valence-electron chi connectivity index (χ4n) is 5.00. The van der Waals surface area contributed by atoms with E-state index in [1.807, 2.05) is 44.2 Å². The van der Waals surface area contributed by atoms with Crippen LogP contribution >= 0.6 is 0 Å². The van der Waals surface area contributed by atoms with Gasteiger partial charge in [-0.1, -0.05) is 44.2 Å². The Morgan fingerprint density at radius 1 is 1.13 bits per heavy atom. The molecule has 0 unspecified atom stereocenters. The molecule has 0 saturated carbocycles. The Balaban J connectivity index is 1.48. The number of amides is 1. The molecule has 5 atom stereocenters. The van der Waals surface area contributed by atoms with Crippen molar-refractivity contribution in [3.8, 4) is 0 Å². The van der Waals surface area contributed by atoms with Gasteiger partial charge in [0.25, 0.3) is 0 Å². The lowest BCUT2D eigenvalue weighted by atomic mass is 10.0. The number of nitrogens with one attached hydrogen (secondary N) is 1. The fourth-order valence-corrected chi connectivity index (χ4v) is 6.62. The summed E-state index contributed by atoms with van der Waals surface area (Å²) in [5, 5.41) is 14.1. The van der Waals surface area contributed by atoms with E-state index in [0.717, 1.165) is 12.0 Å². The van der Waals surface area contributed by atoms with Crippen LogP contribution in [-0.2, 0) is 30.7 Å². The number of aryl methyl sites for hydroxylation is 1. The van der Waals surface area contributed by atoms with Crippen molar-refractivity contribution in [1.29, 1.82) is 0 Å². The molecule has 2 saturated heterocycles. The van der Waals surface area contributed by atoms with E-state index in [-0.39, 0.29) is 42.7 Å². The van der Waals surface area contributed by atoms with E-state index in [1.54, 1.807) is 0 Å². The molecule has 2 aromatic carbocycles. The second-order valence-corrected chi connectivity index (χ2v) is 12.5. The molecule has 4 rings (SSSR count). The highest BCUT2D eigenvalue weighted by Gasteiger charge is 2.44. The third kappa shape index (κ3) is 7.70. The van der Waals surface area contributed by atoms with E-state index >= 15 is 0 Å². The van der Waals surface area contributed by atoms with E-state index < -0.39 is 34.4 Å². The Labute approximate surface area is 230 Å². The highest BCUT2D eigenvalue weighted by molar-refractivity contribution is 7.89. The number of alkyl carbamates (subject to hydrolysis) is 1. The molecule has 0 bridgehead atoms. The van der Waals surface area contributed by atoms with Crippen molar-refractivity contribution in [2.75, 3.05) is 32.0 Å². The Morgan fingerprint density at radius 3 is 2.54 bits per heavy atom. The van der Waals surface area contributed by atoms with Crippen molar-refractivity contribution in [2.45, 2.75) is 62.5 Å². The molecule has 2 heterocycles. The molecule has 2 fully saturated rings. The number of carbonyl (C=O) groups is 1. The topological polar surface area (TPSA) is 140 Å². The molecule has 1 amide bonds. The van der Waals surface area contributed by atoms with E-state index in [0.29, 0.717) is 25.1 Å². The summed E-state index contributed by atoms with van der Waals surface area (Å²) in [5.74, 6) is -0.0135. The number of aliphatic hydroxyl groups excluding tert-OH is 1. The third-order valence-corrected chi connectivity index (χ3v) is 8.92. The zero-order valence-corrected chi connectivity index (χ0v) is 23.3. The average molecular weight is 562 g/mol. The van der Waals surface area contributed by atoms with Gasteiger partial charge >= 0.3 is 6.09 Å². The molecular formula is C28H39N3O7S. The van der Waals surface area contributed by atoms with Crippen LogP contribution in [-0.4, -0.2) is 74.8 Å². The lowest BCUT2D eigenvalue weighted by Crippen LogP contribution is -2.51. The summed E-state index contributed by atoms with van der Waals surface area (Å²) in [6.07, 6.45) is -0.957. The van der Waals surface area contributed by atoms with Crippen LogP contribution < -0.4 is 11.1 Å². The van der Waals surface area contributed by atoms with Gasteiger partial charge in [-0.05, 0) is 55.0 Å². The molecule has 4 N–H and O–H groups in total. The molecule has 10 nitrogen and oxygen atoms in total. The number of benzene rings is 2. The second-order valence-electron chi connectivity index (χ2n) is 10.6. The summed E-state index contributed by atoms with van der Waals surface area (Å²) in [5.41, 5.74) is 7.24. The number of sulfonamides is 1. The molecular weight excluding hydrogens is 522 g/mol. The van der Waals surface area contributed by atoms with Crippen LogP contribution in [0, 0.1) is 11.8 Å². The number of carbonyl (C=O) groups excluding carboxylic acids is 1. The van der Waals surface area contributed by atoms with Gasteiger partial charge in [0.2, 0.25) is 10.0 Å². The fraction of sp³-hybridized carbons (Fsp3) is 0.536. The third-order valence-electron chi connectivity index (χ3n) is 7.08. The minimum Gasteiger partial charge on any atom is -0.443 e. The van der Waals surface area contributed by atoms with Crippen molar-refractivity contribution < 1.29 is 32.5 Å². The first kappa shape index (κ1) is 29.3. The van der Waals surface area contributed by atoms with Crippen molar-refractivity contribution in [1.82, 2.24) is 9.62 Å². The number of nitrogens with two attached hydrogens (primary N) is 1. The summed E-state index contributed by atoms with van der Waals surface area (Å²) in [7, 11) is -3.92. The first-order valence-corrected chi connectivity index (χ1v) is 14.9. The SMILES string of the molecule is CC(C)CN(C[C@@H](O)[C@H](CCc1ccccc1)NC(=O)O[C@H]1CO[C@H]2OCC[C@H]21)S(=O)(=O)c1ccc(N)cc1. The minimum atomic E-state index is -3.92. The van der Waals surface area contributed by atoms with E-state index in [4.69, 9.17) is 19.9 Å². The molecule has 214 valence electrons. The van der Waals surface area contributed by atoms with Crippen LogP contribution in [0.1, 0.15) is 32.3 Å². The van der Waals surface area contributed by atoms with Gasteiger partial charge < -0.3 is 30.4 Å². The molecule has 11 heteroatoms. The summed E-state index contributed by atoms with van der Waals surface area (Å²) in [6, 6.07) is 14.9. The van der Waals surface area contributed by atoms with Gasteiger partial charge in [-0.15, -0.1) is 0 Å². The summed E-state index contributed by atoms with van der Waals surface area (Å²) >= 11 is 0. The highest BCUT2D eigenvalue weighted by Crippen LogP contribution is 2.33. The van der Waals surface area contributed by atoms with Gasteiger partial charge in [0.05, 0.1) is 36.2 Å². The molecule has 0 aromatic heterocycles. The van der Waals surface area contributed by atoms with Crippen LogP contribution in [0.25, 0.3) is 0 Å². The molecule has 39 heavy (non-hydrogen) atoms. The molecule has 2 aromatic rings. The lowest BCUT2D eigenvalue weighted by Gasteiger charge is -2.31. The van der Waals surface area contributed by atoms with Crippen molar-refractivity contribution >= 4 is 21.8 Å². The maximum Gasteiger partial charge on any atom is 0.407 e. The largest absolute Gasteiger partial charge is 0.443 e. The van der Waals surface area contributed by atoms with Gasteiger partial charge in [-0.3, -0.25) is 0 Å². The highest BCUT2D eigenvalue weighted by atomic mass is 32.2. The van der Waals surface area contributed by atoms with E-state index in [1.165, 1.54) is 28.6 Å². The molecule has 2 aliphatic rings. The van der Waals surface area contributed by atoms with Crippen LogP contribution in [0.4, 0.5) is 10.5 Å². The van der Waals surface area contributed by atoms with Gasteiger partial charge in [0, 0.05) is 18.8 Å². The van der Waals surface area contributed by atoms with E-state index in [9.17, 15) is 18.3 Å². The summed E-state index contributed by atoms with van der Waals surface area (Å²) < 4.78 is 45.0. The smallest absolute Gasteiger partial charge is 0.407 e. The van der Waals surface area contributed by atoms with Crippen LogP contribution in [0.15, 0.2) is 59.5 Å². The quantitative estimate of drug-likeness (QED) is 0.336. The van der Waals surface area contributed by atoms with Gasteiger partial charge in [0.15, 0.2) is 6.29 Å². The molecule has 0 aliphatic carbocycles. The average Bonchev–Trinajstić information content (AvgIpc) is 3.52. The van der Waals surface area contributed by atoms with Crippen molar-refractivity contribution in [3.05, 3.63) is 60.2 Å². The maximum atomic E-state index is 13.5. The lowest BCUT2D eigenvalue weighted by molar-refractivity contribution is -0.0907. The van der Waals surface area contributed by atoms with Gasteiger partial charge in [0.1, 0.15) is 6.10 Å². The number of rotatable bonds is 12. The Kier molecular flexibility index (Phi) is 9.84.